The third-order valence-corrected chi connectivity index (χ3v) is 3.54. The maximum atomic E-state index is 9.52. The van der Waals surface area contributed by atoms with E-state index in [1.165, 1.54) is 0 Å². The lowest BCUT2D eigenvalue weighted by Crippen LogP contribution is -2.23. The van der Waals surface area contributed by atoms with Crippen molar-refractivity contribution in [2.24, 2.45) is 0 Å². The molecule has 0 fully saturated rings. The molecule has 15 heavy (non-hydrogen) atoms. The van der Waals surface area contributed by atoms with Gasteiger partial charge in [0.05, 0.1) is 11.0 Å². The third-order valence-electron chi connectivity index (χ3n) is 2.67. The number of rotatable bonds is 1. The van der Waals surface area contributed by atoms with Gasteiger partial charge in [0.2, 0.25) is 0 Å². The van der Waals surface area contributed by atoms with Gasteiger partial charge in [0.25, 0.3) is 0 Å². The van der Waals surface area contributed by atoms with E-state index in [0.717, 1.165) is 29.5 Å². The summed E-state index contributed by atoms with van der Waals surface area (Å²) >= 11 is 1.67. The maximum Gasteiger partial charge on any atom is 0.174 e. The molecule has 0 bridgehead atoms. The molecule has 2 aromatic heterocycles. The second-order valence-corrected chi connectivity index (χ2v) is 4.66. The van der Waals surface area contributed by atoms with Gasteiger partial charge < -0.3 is 9.67 Å². The van der Waals surface area contributed by atoms with Crippen molar-refractivity contribution in [3.05, 3.63) is 23.3 Å². The predicted molar refractivity (Wildman–Crippen MR) is 57.7 cm³/mol. The molecule has 0 aromatic carbocycles. The van der Waals surface area contributed by atoms with Crippen LogP contribution in [0, 0.1) is 0 Å². The van der Waals surface area contributed by atoms with E-state index < -0.39 is 0 Å². The molecule has 0 aliphatic carbocycles. The van der Waals surface area contributed by atoms with Crippen LogP contribution in [0.4, 0.5) is 0 Å². The molecule has 3 rings (SSSR count). The number of nitrogens with zero attached hydrogens (tertiary/aromatic N) is 3. The summed E-state index contributed by atoms with van der Waals surface area (Å²) in [5.74, 6) is 1.84. The van der Waals surface area contributed by atoms with Crippen molar-refractivity contribution in [1.82, 2.24) is 14.8 Å². The number of thiophene rings is 1. The Labute approximate surface area is 91.2 Å². The van der Waals surface area contributed by atoms with E-state index in [2.05, 4.69) is 14.8 Å². The lowest BCUT2D eigenvalue weighted by molar-refractivity contribution is 0.142. The first-order chi connectivity index (χ1) is 7.34. The topological polar surface area (TPSA) is 50.9 Å². The van der Waals surface area contributed by atoms with Gasteiger partial charge in [-0.25, -0.2) is 0 Å². The highest BCUT2D eigenvalue weighted by Gasteiger charge is 2.22. The van der Waals surface area contributed by atoms with Crippen molar-refractivity contribution in [1.29, 1.82) is 0 Å². The van der Waals surface area contributed by atoms with Gasteiger partial charge in [0.1, 0.15) is 5.82 Å². The number of aromatic nitrogens is 3. The van der Waals surface area contributed by atoms with Crippen LogP contribution >= 0.6 is 11.3 Å². The van der Waals surface area contributed by atoms with Gasteiger partial charge in [0.15, 0.2) is 5.82 Å². The number of hydrogen-bond donors (Lipinski definition) is 1. The summed E-state index contributed by atoms with van der Waals surface area (Å²) < 4.78 is 2.11. The molecule has 0 amide bonds. The fourth-order valence-corrected chi connectivity index (χ4v) is 2.62. The Morgan fingerprint density at radius 3 is 3.20 bits per heavy atom. The zero-order chi connectivity index (χ0) is 10.3. The quantitative estimate of drug-likeness (QED) is 0.790. The second-order valence-electron chi connectivity index (χ2n) is 3.72. The summed E-state index contributed by atoms with van der Waals surface area (Å²) in [6, 6.07) is 4.06. The minimum absolute atomic E-state index is 0.252. The highest BCUT2D eigenvalue weighted by Crippen LogP contribution is 2.26. The van der Waals surface area contributed by atoms with Crippen molar-refractivity contribution in [3.63, 3.8) is 0 Å². The van der Waals surface area contributed by atoms with E-state index >= 15 is 0 Å². The van der Waals surface area contributed by atoms with Crippen LogP contribution in [0.2, 0.25) is 0 Å². The van der Waals surface area contributed by atoms with E-state index in [9.17, 15) is 5.11 Å². The first-order valence-electron chi connectivity index (χ1n) is 4.98. The molecule has 0 saturated heterocycles. The fraction of sp³-hybridized carbons (Fsp3) is 0.400. The minimum atomic E-state index is -0.252. The van der Waals surface area contributed by atoms with Crippen LogP contribution in [-0.4, -0.2) is 26.0 Å². The Morgan fingerprint density at radius 1 is 1.47 bits per heavy atom. The lowest BCUT2D eigenvalue weighted by Gasteiger charge is -2.18. The molecule has 3 heterocycles. The number of fused-ring (bicyclic) bond motifs is 1. The summed E-state index contributed by atoms with van der Waals surface area (Å²) in [6.07, 6.45) is 1.17. The smallest absolute Gasteiger partial charge is 0.174 e. The van der Waals surface area contributed by atoms with Crippen LogP contribution in [0.1, 0.15) is 12.2 Å². The first kappa shape index (κ1) is 9.06. The molecule has 5 heteroatoms. The molecular weight excluding hydrogens is 210 g/mol. The van der Waals surface area contributed by atoms with Crippen molar-refractivity contribution in [2.75, 3.05) is 0 Å². The van der Waals surface area contributed by atoms with Crippen molar-refractivity contribution >= 4 is 11.3 Å². The van der Waals surface area contributed by atoms with E-state index in [4.69, 9.17) is 0 Å². The van der Waals surface area contributed by atoms with Gasteiger partial charge in [-0.2, -0.15) is 0 Å². The molecule has 0 spiro atoms. The van der Waals surface area contributed by atoms with Crippen molar-refractivity contribution < 1.29 is 5.11 Å². The summed E-state index contributed by atoms with van der Waals surface area (Å²) in [5.41, 5.74) is 0. The highest BCUT2D eigenvalue weighted by atomic mass is 32.1. The SMILES string of the molecule is OC1CCn2c(nnc2-c2cccs2)C1. The second kappa shape index (κ2) is 3.43. The van der Waals surface area contributed by atoms with Gasteiger partial charge in [-0.3, -0.25) is 0 Å². The Kier molecular flexibility index (Phi) is 2.07. The van der Waals surface area contributed by atoms with E-state index in [1.54, 1.807) is 11.3 Å². The minimum Gasteiger partial charge on any atom is -0.393 e. The monoisotopic (exact) mass is 221 g/mol. The first-order valence-corrected chi connectivity index (χ1v) is 5.86. The molecule has 0 radical (unpaired) electrons. The predicted octanol–water partition coefficient (Wildman–Crippen LogP) is 1.31. The summed E-state index contributed by atoms with van der Waals surface area (Å²) in [6.45, 7) is 0.816. The van der Waals surface area contributed by atoms with Crippen molar-refractivity contribution in [2.45, 2.75) is 25.5 Å². The summed E-state index contributed by atoms with van der Waals surface area (Å²) in [7, 11) is 0. The Balaban J connectivity index is 2.05. The average molecular weight is 221 g/mol. The number of aliphatic hydroxyl groups is 1. The molecule has 0 saturated carbocycles. The van der Waals surface area contributed by atoms with Gasteiger partial charge in [-0.1, -0.05) is 6.07 Å². The molecule has 1 aliphatic heterocycles. The Morgan fingerprint density at radius 2 is 2.40 bits per heavy atom. The van der Waals surface area contributed by atoms with Crippen LogP contribution < -0.4 is 0 Å². The van der Waals surface area contributed by atoms with E-state index in [0.29, 0.717) is 6.42 Å². The molecule has 1 atom stereocenters. The maximum absolute atomic E-state index is 9.52. The van der Waals surface area contributed by atoms with E-state index in [1.807, 2.05) is 17.5 Å². The molecular formula is C10H11N3OS. The van der Waals surface area contributed by atoms with Crippen molar-refractivity contribution in [3.8, 4) is 10.7 Å². The summed E-state index contributed by atoms with van der Waals surface area (Å²) in [5, 5.41) is 19.9. The van der Waals surface area contributed by atoms with Crippen LogP contribution in [0.3, 0.4) is 0 Å². The molecule has 78 valence electrons. The number of aliphatic hydroxyl groups excluding tert-OH is 1. The Hall–Kier alpha value is -1.20. The molecule has 2 aromatic rings. The summed E-state index contributed by atoms with van der Waals surface area (Å²) in [4.78, 5) is 1.14. The van der Waals surface area contributed by atoms with Crippen LogP contribution in [0.5, 0.6) is 0 Å². The largest absolute Gasteiger partial charge is 0.393 e. The molecule has 1 unspecified atom stereocenters. The Bertz CT molecular complexity index is 463. The normalized spacial score (nSPS) is 20.2. The average Bonchev–Trinajstić information content (AvgIpc) is 2.82. The zero-order valence-electron chi connectivity index (χ0n) is 8.13. The third kappa shape index (κ3) is 1.48. The zero-order valence-corrected chi connectivity index (χ0v) is 8.94. The lowest BCUT2D eigenvalue weighted by atomic mass is 10.1. The molecule has 1 aliphatic rings. The number of hydrogen-bond acceptors (Lipinski definition) is 4. The standard InChI is InChI=1S/C10H11N3OS/c14-7-3-4-13-9(6-7)11-12-10(13)8-2-1-5-15-8/h1-2,5,7,14H,3-4,6H2. The molecule has 1 N–H and O–H groups in total. The molecule has 4 nitrogen and oxygen atoms in total. The van der Waals surface area contributed by atoms with Crippen LogP contribution in [0.25, 0.3) is 10.7 Å². The van der Waals surface area contributed by atoms with E-state index in [-0.39, 0.29) is 6.10 Å². The van der Waals surface area contributed by atoms with Gasteiger partial charge in [-0.15, -0.1) is 21.5 Å². The van der Waals surface area contributed by atoms with Gasteiger partial charge >= 0.3 is 0 Å². The van der Waals surface area contributed by atoms with Gasteiger partial charge in [0, 0.05) is 13.0 Å². The highest BCUT2D eigenvalue weighted by molar-refractivity contribution is 7.13. The van der Waals surface area contributed by atoms with Gasteiger partial charge in [-0.05, 0) is 17.9 Å². The van der Waals surface area contributed by atoms with Crippen LogP contribution in [-0.2, 0) is 13.0 Å². The van der Waals surface area contributed by atoms with Crippen LogP contribution in [0.15, 0.2) is 17.5 Å². The fourth-order valence-electron chi connectivity index (χ4n) is 1.90.